The Kier molecular flexibility index (Phi) is 4.10. The van der Waals surface area contributed by atoms with Crippen molar-refractivity contribution in [3.63, 3.8) is 0 Å². The van der Waals surface area contributed by atoms with Crippen LogP contribution in [0.5, 0.6) is 0 Å². The van der Waals surface area contributed by atoms with Crippen LogP contribution in [0, 0.1) is 5.82 Å². The minimum Gasteiger partial charge on any atom is -0.478 e. The smallest absolute Gasteiger partial charge is 0.335 e. The number of carboxylic acids is 1. The van der Waals surface area contributed by atoms with Crippen molar-refractivity contribution in [3.05, 3.63) is 52.9 Å². The number of nitrogens with one attached hydrogen (secondary N) is 1. The molecule has 0 saturated carbocycles. The van der Waals surface area contributed by atoms with Crippen molar-refractivity contribution in [1.82, 2.24) is 4.98 Å². The molecule has 110 valence electrons. The van der Waals surface area contributed by atoms with Crippen LogP contribution >= 0.6 is 11.6 Å². The SMILES string of the molecule is O=C(O)c1cc(Cl)cc(NS(=O)(=O)c2ncccc2F)c1. The molecule has 21 heavy (non-hydrogen) atoms. The van der Waals surface area contributed by atoms with Crippen LogP contribution < -0.4 is 4.72 Å². The zero-order valence-corrected chi connectivity index (χ0v) is 11.8. The Labute approximate surface area is 124 Å². The van der Waals surface area contributed by atoms with E-state index in [1.807, 2.05) is 4.72 Å². The third-order valence-corrected chi connectivity index (χ3v) is 3.91. The van der Waals surface area contributed by atoms with E-state index in [0.717, 1.165) is 24.4 Å². The van der Waals surface area contributed by atoms with Gasteiger partial charge in [0.05, 0.1) is 11.3 Å². The van der Waals surface area contributed by atoms with Gasteiger partial charge in [-0.2, -0.15) is 8.42 Å². The molecule has 0 bridgehead atoms. The van der Waals surface area contributed by atoms with Gasteiger partial charge in [0.2, 0.25) is 5.03 Å². The summed E-state index contributed by atoms with van der Waals surface area (Å²) in [6.07, 6.45) is 1.12. The molecule has 1 heterocycles. The summed E-state index contributed by atoms with van der Waals surface area (Å²) in [6, 6.07) is 5.61. The topological polar surface area (TPSA) is 96.4 Å². The number of hydrogen-bond acceptors (Lipinski definition) is 4. The van der Waals surface area contributed by atoms with E-state index in [0.29, 0.717) is 0 Å². The first kappa shape index (κ1) is 15.2. The first-order valence-electron chi connectivity index (χ1n) is 5.47. The highest BCUT2D eigenvalue weighted by molar-refractivity contribution is 7.92. The number of nitrogens with zero attached hydrogens (tertiary/aromatic N) is 1. The Morgan fingerprint density at radius 2 is 2.05 bits per heavy atom. The van der Waals surface area contributed by atoms with Crippen LogP contribution in [0.25, 0.3) is 0 Å². The van der Waals surface area contributed by atoms with Gasteiger partial charge in [0, 0.05) is 11.2 Å². The Hall–Kier alpha value is -2.19. The number of carbonyl (C=O) groups is 1. The van der Waals surface area contributed by atoms with E-state index in [1.165, 1.54) is 12.1 Å². The number of aromatic nitrogens is 1. The van der Waals surface area contributed by atoms with E-state index < -0.39 is 26.8 Å². The molecule has 2 rings (SSSR count). The van der Waals surface area contributed by atoms with Crippen molar-refractivity contribution in [2.75, 3.05) is 4.72 Å². The van der Waals surface area contributed by atoms with Crippen LogP contribution in [0.2, 0.25) is 5.02 Å². The summed E-state index contributed by atoms with van der Waals surface area (Å²) in [7, 11) is -4.29. The van der Waals surface area contributed by atoms with Crippen molar-refractivity contribution in [2.24, 2.45) is 0 Å². The van der Waals surface area contributed by atoms with Crippen molar-refractivity contribution in [1.29, 1.82) is 0 Å². The van der Waals surface area contributed by atoms with Gasteiger partial charge >= 0.3 is 5.97 Å². The predicted molar refractivity (Wildman–Crippen MR) is 73.4 cm³/mol. The lowest BCUT2D eigenvalue weighted by Crippen LogP contribution is -2.16. The summed E-state index contributed by atoms with van der Waals surface area (Å²) in [6.45, 7) is 0. The average molecular weight is 331 g/mol. The van der Waals surface area contributed by atoms with E-state index >= 15 is 0 Å². The zero-order valence-electron chi connectivity index (χ0n) is 10.2. The molecule has 1 aromatic carbocycles. The number of carboxylic acid groups (broad SMARTS) is 1. The highest BCUT2D eigenvalue weighted by Crippen LogP contribution is 2.22. The second-order valence-corrected chi connectivity index (χ2v) is 5.96. The lowest BCUT2D eigenvalue weighted by Gasteiger charge is -2.09. The number of anilines is 1. The number of rotatable bonds is 4. The summed E-state index contributed by atoms with van der Waals surface area (Å²) in [5.74, 6) is -2.30. The molecule has 0 aliphatic carbocycles. The number of sulfonamides is 1. The van der Waals surface area contributed by atoms with E-state index in [9.17, 15) is 17.6 Å². The van der Waals surface area contributed by atoms with E-state index in [4.69, 9.17) is 16.7 Å². The van der Waals surface area contributed by atoms with Crippen molar-refractivity contribution in [3.8, 4) is 0 Å². The minimum absolute atomic E-state index is 0.0223. The normalized spacial score (nSPS) is 11.1. The monoisotopic (exact) mass is 330 g/mol. The first-order valence-corrected chi connectivity index (χ1v) is 7.33. The van der Waals surface area contributed by atoms with Gasteiger partial charge in [0.25, 0.3) is 10.0 Å². The Morgan fingerprint density at radius 1 is 1.33 bits per heavy atom. The van der Waals surface area contributed by atoms with Gasteiger partial charge in [-0.1, -0.05) is 11.6 Å². The van der Waals surface area contributed by atoms with Crippen LogP contribution in [0.1, 0.15) is 10.4 Å². The third kappa shape index (κ3) is 3.47. The second-order valence-electron chi connectivity index (χ2n) is 3.93. The van der Waals surface area contributed by atoms with Gasteiger partial charge in [0.1, 0.15) is 0 Å². The maximum Gasteiger partial charge on any atom is 0.335 e. The summed E-state index contributed by atoms with van der Waals surface area (Å²) in [5.41, 5.74) is -0.313. The first-order chi connectivity index (χ1) is 9.79. The largest absolute Gasteiger partial charge is 0.478 e. The number of pyridine rings is 1. The fourth-order valence-corrected chi connectivity index (χ4v) is 2.83. The Morgan fingerprint density at radius 3 is 2.67 bits per heavy atom. The van der Waals surface area contributed by atoms with E-state index in [1.54, 1.807) is 0 Å². The Bertz CT molecular complexity index is 811. The quantitative estimate of drug-likeness (QED) is 0.897. The highest BCUT2D eigenvalue weighted by Gasteiger charge is 2.21. The average Bonchev–Trinajstić information content (AvgIpc) is 2.37. The molecule has 6 nitrogen and oxygen atoms in total. The highest BCUT2D eigenvalue weighted by atomic mass is 35.5. The summed E-state index contributed by atoms with van der Waals surface area (Å²) in [4.78, 5) is 14.3. The molecule has 0 radical (unpaired) electrons. The standard InChI is InChI=1S/C12H8ClFN2O4S/c13-8-4-7(12(17)18)5-9(6-8)16-21(19,20)11-10(14)2-1-3-15-11/h1-6,16H,(H,17,18). The van der Waals surface area contributed by atoms with Gasteiger partial charge in [-0.3, -0.25) is 4.72 Å². The number of aromatic carboxylic acids is 1. The molecule has 0 fully saturated rings. The zero-order chi connectivity index (χ0) is 15.6. The van der Waals surface area contributed by atoms with Gasteiger partial charge < -0.3 is 5.11 Å². The summed E-state index contributed by atoms with van der Waals surface area (Å²) in [5, 5.41) is 8.12. The molecular weight excluding hydrogens is 323 g/mol. The molecular formula is C12H8ClFN2O4S. The number of hydrogen-bond donors (Lipinski definition) is 2. The second kappa shape index (κ2) is 5.66. The fourth-order valence-electron chi connectivity index (χ4n) is 1.54. The molecule has 0 saturated heterocycles. The molecule has 0 amide bonds. The predicted octanol–water partition coefficient (Wildman–Crippen LogP) is 2.37. The molecule has 2 aromatic rings. The van der Waals surface area contributed by atoms with Gasteiger partial charge in [-0.25, -0.2) is 14.2 Å². The number of benzene rings is 1. The molecule has 0 aliphatic heterocycles. The summed E-state index contributed by atoms with van der Waals surface area (Å²) < 4.78 is 39.5. The van der Waals surface area contributed by atoms with Crippen molar-refractivity contribution in [2.45, 2.75) is 5.03 Å². The van der Waals surface area contributed by atoms with Crippen LogP contribution in [0.4, 0.5) is 10.1 Å². The van der Waals surface area contributed by atoms with Crippen LogP contribution in [-0.2, 0) is 10.0 Å². The van der Waals surface area contributed by atoms with Crippen LogP contribution in [0.15, 0.2) is 41.6 Å². The third-order valence-electron chi connectivity index (χ3n) is 2.38. The van der Waals surface area contributed by atoms with Crippen LogP contribution in [-0.4, -0.2) is 24.5 Å². The molecule has 0 spiro atoms. The van der Waals surface area contributed by atoms with E-state index in [2.05, 4.69) is 4.98 Å². The lowest BCUT2D eigenvalue weighted by atomic mass is 10.2. The lowest BCUT2D eigenvalue weighted by molar-refractivity contribution is 0.0697. The molecule has 2 N–H and O–H groups in total. The maximum absolute atomic E-state index is 13.5. The van der Waals surface area contributed by atoms with Gasteiger partial charge in [-0.05, 0) is 30.3 Å². The fraction of sp³-hybridized carbons (Fsp3) is 0. The van der Waals surface area contributed by atoms with Gasteiger partial charge in [0.15, 0.2) is 5.82 Å². The maximum atomic E-state index is 13.5. The minimum atomic E-state index is -4.29. The Balaban J connectivity index is 2.42. The van der Waals surface area contributed by atoms with E-state index in [-0.39, 0.29) is 16.3 Å². The van der Waals surface area contributed by atoms with Crippen LogP contribution in [0.3, 0.4) is 0 Å². The molecule has 0 aliphatic rings. The van der Waals surface area contributed by atoms with Crippen molar-refractivity contribution < 1.29 is 22.7 Å². The molecule has 0 atom stereocenters. The molecule has 1 aromatic heterocycles. The van der Waals surface area contributed by atoms with Gasteiger partial charge in [-0.15, -0.1) is 0 Å². The molecule has 9 heteroatoms. The summed E-state index contributed by atoms with van der Waals surface area (Å²) >= 11 is 5.71. The molecule has 0 unspecified atom stereocenters. The number of halogens is 2. The van der Waals surface area contributed by atoms with Crippen molar-refractivity contribution >= 4 is 33.3 Å².